The van der Waals surface area contributed by atoms with Crippen molar-refractivity contribution in [2.45, 2.75) is 31.7 Å². The fraction of sp³-hybridized carbons (Fsp3) is 0.440. The third-order valence-electron chi connectivity index (χ3n) is 7.17. The molecule has 2 saturated heterocycles. The summed E-state index contributed by atoms with van der Waals surface area (Å²) in [5.74, 6) is -0.526. The van der Waals surface area contributed by atoms with E-state index in [1.54, 1.807) is 18.2 Å². The fourth-order valence-electron chi connectivity index (χ4n) is 5.09. The van der Waals surface area contributed by atoms with Crippen molar-refractivity contribution in [2.24, 2.45) is 0 Å². The lowest BCUT2D eigenvalue weighted by atomic mass is 10.0. The van der Waals surface area contributed by atoms with Gasteiger partial charge in [0, 0.05) is 57.3 Å². The largest absolute Gasteiger partial charge is 0.343 e. The van der Waals surface area contributed by atoms with E-state index < -0.39 is 5.82 Å². The molecule has 2 aliphatic rings. The SMILES string of the molecule is O=C(CCc1cc(Cl)c(F)c(Cl)c1)N1CCC(N2CCN(C(=O)c3ccc4n[nH]nc4c3)CC2)CC1. The molecule has 2 fully saturated rings. The van der Waals surface area contributed by atoms with E-state index in [9.17, 15) is 14.0 Å². The zero-order valence-electron chi connectivity index (χ0n) is 19.7. The van der Waals surface area contributed by atoms with E-state index in [0.29, 0.717) is 56.1 Å². The molecule has 0 spiro atoms. The van der Waals surface area contributed by atoms with E-state index in [1.807, 2.05) is 9.80 Å². The van der Waals surface area contributed by atoms with E-state index in [-0.39, 0.29) is 21.9 Å². The van der Waals surface area contributed by atoms with Gasteiger partial charge in [0.25, 0.3) is 5.91 Å². The van der Waals surface area contributed by atoms with Gasteiger partial charge < -0.3 is 9.80 Å². The van der Waals surface area contributed by atoms with Gasteiger partial charge in [-0.2, -0.15) is 15.4 Å². The smallest absolute Gasteiger partial charge is 0.254 e. The van der Waals surface area contributed by atoms with Gasteiger partial charge in [0.2, 0.25) is 5.91 Å². The Hall–Kier alpha value is -2.75. The number of likely N-dealkylation sites (tertiary alicyclic amines) is 1. The summed E-state index contributed by atoms with van der Waals surface area (Å²) in [5, 5.41) is 10.6. The van der Waals surface area contributed by atoms with Crippen LogP contribution in [0.4, 0.5) is 4.39 Å². The number of piperazine rings is 1. The number of aryl methyl sites for hydroxylation is 1. The maximum atomic E-state index is 13.6. The number of hydrogen-bond donors (Lipinski definition) is 1. The van der Waals surface area contributed by atoms with Gasteiger partial charge in [-0.05, 0) is 55.2 Å². The lowest BCUT2D eigenvalue weighted by Gasteiger charge is -2.42. The molecule has 0 radical (unpaired) electrons. The van der Waals surface area contributed by atoms with Crippen molar-refractivity contribution in [3.05, 3.63) is 57.3 Å². The zero-order chi connectivity index (χ0) is 25.2. The molecule has 0 atom stereocenters. The van der Waals surface area contributed by atoms with Crippen molar-refractivity contribution in [3.8, 4) is 0 Å². The number of carbonyl (C=O) groups excluding carboxylic acids is 2. The Morgan fingerprint density at radius 3 is 2.28 bits per heavy atom. The second-order valence-corrected chi connectivity index (χ2v) is 10.2. The van der Waals surface area contributed by atoms with Gasteiger partial charge in [0.05, 0.1) is 10.0 Å². The first-order valence-electron chi connectivity index (χ1n) is 12.1. The topological polar surface area (TPSA) is 85.4 Å². The van der Waals surface area contributed by atoms with Crippen LogP contribution in [0.15, 0.2) is 30.3 Å². The molecule has 5 rings (SSSR count). The molecule has 8 nitrogen and oxygen atoms in total. The second-order valence-electron chi connectivity index (χ2n) is 9.34. The maximum Gasteiger partial charge on any atom is 0.254 e. The number of amides is 2. The van der Waals surface area contributed by atoms with E-state index in [1.165, 1.54) is 12.1 Å². The molecule has 0 bridgehead atoms. The summed E-state index contributed by atoms with van der Waals surface area (Å²) in [6.45, 7) is 4.43. The molecule has 190 valence electrons. The molecule has 0 saturated carbocycles. The van der Waals surface area contributed by atoms with Crippen LogP contribution in [-0.2, 0) is 11.2 Å². The number of carbonyl (C=O) groups is 2. The van der Waals surface area contributed by atoms with Crippen molar-refractivity contribution in [1.82, 2.24) is 30.1 Å². The molecule has 3 heterocycles. The maximum absolute atomic E-state index is 13.6. The number of nitrogens with zero attached hydrogens (tertiary/aromatic N) is 5. The van der Waals surface area contributed by atoms with Crippen molar-refractivity contribution >= 4 is 46.0 Å². The van der Waals surface area contributed by atoms with Crippen LogP contribution < -0.4 is 0 Å². The summed E-state index contributed by atoms with van der Waals surface area (Å²) < 4.78 is 13.6. The summed E-state index contributed by atoms with van der Waals surface area (Å²) in [6, 6.07) is 8.85. The summed E-state index contributed by atoms with van der Waals surface area (Å²) in [4.78, 5) is 31.9. The van der Waals surface area contributed by atoms with Crippen LogP contribution in [0.25, 0.3) is 11.0 Å². The number of aromatic amines is 1. The molecule has 0 unspecified atom stereocenters. The Morgan fingerprint density at radius 2 is 1.58 bits per heavy atom. The second kappa shape index (κ2) is 10.7. The van der Waals surface area contributed by atoms with Gasteiger partial charge in [-0.15, -0.1) is 0 Å². The highest BCUT2D eigenvalue weighted by molar-refractivity contribution is 6.35. The van der Waals surface area contributed by atoms with E-state index in [2.05, 4.69) is 20.3 Å². The Balaban J connectivity index is 1.07. The molecule has 2 amide bonds. The Morgan fingerprint density at radius 1 is 0.917 bits per heavy atom. The number of rotatable bonds is 5. The summed E-state index contributed by atoms with van der Waals surface area (Å²) in [6.07, 6.45) is 2.63. The minimum atomic E-state index is -0.631. The van der Waals surface area contributed by atoms with Crippen LogP contribution in [0.3, 0.4) is 0 Å². The molecular weight excluding hydrogens is 506 g/mol. The third kappa shape index (κ3) is 5.33. The molecule has 3 aromatic rings. The number of halogens is 3. The number of nitrogens with one attached hydrogen (secondary N) is 1. The van der Waals surface area contributed by atoms with Crippen molar-refractivity contribution in [2.75, 3.05) is 39.3 Å². The number of fused-ring (bicyclic) bond motifs is 1. The van der Waals surface area contributed by atoms with E-state index >= 15 is 0 Å². The van der Waals surface area contributed by atoms with Crippen LogP contribution in [-0.4, -0.2) is 87.2 Å². The van der Waals surface area contributed by atoms with Crippen LogP contribution in [0.1, 0.15) is 35.2 Å². The lowest BCUT2D eigenvalue weighted by molar-refractivity contribution is -0.132. The molecular formula is C25H27Cl2FN6O2. The Bertz CT molecular complexity index is 1250. The summed E-state index contributed by atoms with van der Waals surface area (Å²) >= 11 is 11.7. The molecule has 2 aliphatic heterocycles. The molecule has 11 heteroatoms. The standard InChI is InChI=1S/C25H27Cl2FN6O2/c26-19-13-16(14-20(27)24(19)28)1-4-23(35)33-7-5-18(6-8-33)32-9-11-34(12-10-32)25(36)17-2-3-21-22(15-17)30-31-29-21/h2-3,13-15,18H,1,4-12H2,(H,29,30,31). The molecule has 2 aromatic carbocycles. The van der Waals surface area contributed by atoms with Gasteiger partial charge in [0.1, 0.15) is 11.0 Å². The average Bonchev–Trinajstić information content (AvgIpc) is 3.38. The van der Waals surface area contributed by atoms with Gasteiger partial charge >= 0.3 is 0 Å². The van der Waals surface area contributed by atoms with Gasteiger partial charge in [-0.3, -0.25) is 14.5 Å². The molecule has 1 N–H and O–H groups in total. The molecule has 1 aromatic heterocycles. The number of aromatic nitrogens is 3. The van der Waals surface area contributed by atoms with Crippen molar-refractivity contribution in [3.63, 3.8) is 0 Å². The minimum absolute atomic E-state index is 0.0173. The first kappa shape index (κ1) is 24.9. The lowest BCUT2D eigenvalue weighted by Crippen LogP contribution is -2.54. The van der Waals surface area contributed by atoms with E-state index in [4.69, 9.17) is 23.2 Å². The minimum Gasteiger partial charge on any atom is -0.343 e. The number of hydrogen-bond acceptors (Lipinski definition) is 5. The highest BCUT2D eigenvalue weighted by atomic mass is 35.5. The Labute approximate surface area is 218 Å². The van der Waals surface area contributed by atoms with Gasteiger partial charge in [-0.25, -0.2) is 4.39 Å². The summed E-state index contributed by atoms with van der Waals surface area (Å²) in [5.41, 5.74) is 2.81. The number of H-pyrrole nitrogens is 1. The highest BCUT2D eigenvalue weighted by Crippen LogP contribution is 2.26. The van der Waals surface area contributed by atoms with Crippen LogP contribution in [0.5, 0.6) is 0 Å². The molecule has 36 heavy (non-hydrogen) atoms. The van der Waals surface area contributed by atoms with Crippen LogP contribution in [0.2, 0.25) is 10.0 Å². The predicted octanol–water partition coefficient (Wildman–Crippen LogP) is 3.79. The Kier molecular flexibility index (Phi) is 7.41. The monoisotopic (exact) mass is 532 g/mol. The summed E-state index contributed by atoms with van der Waals surface area (Å²) in [7, 11) is 0. The third-order valence-corrected chi connectivity index (χ3v) is 7.72. The number of piperidine rings is 1. The fourth-order valence-corrected chi connectivity index (χ4v) is 5.62. The highest BCUT2D eigenvalue weighted by Gasteiger charge is 2.30. The molecule has 0 aliphatic carbocycles. The first-order chi connectivity index (χ1) is 17.4. The van der Waals surface area contributed by atoms with Gasteiger partial charge in [-0.1, -0.05) is 23.2 Å². The quantitative estimate of drug-likeness (QED) is 0.505. The predicted molar refractivity (Wildman–Crippen MR) is 136 cm³/mol. The van der Waals surface area contributed by atoms with Gasteiger partial charge in [0.15, 0.2) is 5.82 Å². The number of benzene rings is 2. The van der Waals surface area contributed by atoms with Crippen molar-refractivity contribution in [1.29, 1.82) is 0 Å². The first-order valence-corrected chi connectivity index (χ1v) is 12.9. The normalized spacial score (nSPS) is 17.6. The average molecular weight is 533 g/mol. The van der Waals surface area contributed by atoms with Crippen LogP contribution >= 0.6 is 23.2 Å². The zero-order valence-corrected chi connectivity index (χ0v) is 21.2. The van der Waals surface area contributed by atoms with E-state index in [0.717, 1.165) is 37.0 Å². The van der Waals surface area contributed by atoms with Crippen LogP contribution in [0, 0.1) is 5.82 Å². The van der Waals surface area contributed by atoms with Crippen molar-refractivity contribution < 1.29 is 14.0 Å².